The molecule has 0 atom stereocenters. The van der Waals surface area contributed by atoms with Crippen LogP contribution in [0.25, 0.3) is 0 Å². The molecule has 2 heterocycles. The number of nitrogens with zero attached hydrogens (tertiary/aromatic N) is 4. The topological polar surface area (TPSA) is 91.6 Å². The van der Waals surface area contributed by atoms with Gasteiger partial charge in [-0.1, -0.05) is 0 Å². The minimum Gasteiger partial charge on any atom is -0.497 e. The van der Waals surface area contributed by atoms with Gasteiger partial charge in [-0.25, -0.2) is 9.98 Å². The van der Waals surface area contributed by atoms with E-state index in [1.807, 2.05) is 24.3 Å². The average molecular weight is 378 g/mol. The first-order valence-corrected chi connectivity index (χ1v) is 8.89. The molecular formula is C20H18N4O4. The van der Waals surface area contributed by atoms with Crippen LogP contribution in [-0.2, 0) is 9.59 Å². The number of anilines is 1. The van der Waals surface area contributed by atoms with Crippen LogP contribution in [-0.4, -0.2) is 55.9 Å². The fourth-order valence-corrected chi connectivity index (χ4v) is 3.30. The number of rotatable bonds is 3. The average Bonchev–Trinajstić information content (AvgIpc) is 2.74. The Hall–Kier alpha value is -3.55. The molecule has 0 aliphatic carbocycles. The largest absolute Gasteiger partial charge is 0.497 e. The third-order valence-electron chi connectivity index (χ3n) is 4.85. The number of fused-ring (bicyclic) bond motifs is 1. The summed E-state index contributed by atoms with van der Waals surface area (Å²) in [5.74, 6) is -1.12. The Bertz CT molecular complexity index is 1070. The molecule has 0 saturated carbocycles. The maximum atomic E-state index is 12.8. The summed E-state index contributed by atoms with van der Waals surface area (Å²) in [6.45, 7) is 2.60. The van der Waals surface area contributed by atoms with Gasteiger partial charge in [0.25, 0.3) is 5.91 Å². The van der Waals surface area contributed by atoms with Crippen molar-refractivity contribution in [1.82, 2.24) is 4.90 Å². The quantitative estimate of drug-likeness (QED) is 0.699. The minimum absolute atomic E-state index is 0.128. The standard InChI is InChI=1S/C20H18N4O4/c1-28-15-5-3-14(4-6-15)23-8-10-24(11-9-23)20(27)13-2-7-16-17(12-13)22-19(26)18(25)21-16/h2-7,12H,8-11H2,1H3. The van der Waals surface area contributed by atoms with Gasteiger partial charge in [0, 0.05) is 37.4 Å². The van der Waals surface area contributed by atoms with Crippen molar-refractivity contribution in [3.8, 4) is 5.75 Å². The van der Waals surface area contributed by atoms with Crippen LogP contribution in [0.5, 0.6) is 5.75 Å². The summed E-state index contributed by atoms with van der Waals surface area (Å²) in [6.07, 6.45) is 0. The molecule has 8 heteroatoms. The van der Waals surface area contributed by atoms with Crippen molar-refractivity contribution in [3.05, 3.63) is 58.7 Å². The molecule has 0 N–H and O–H groups in total. The number of methoxy groups -OCH3 is 1. The predicted octanol–water partition coefficient (Wildman–Crippen LogP) is -0.0364. The van der Waals surface area contributed by atoms with E-state index in [0.29, 0.717) is 24.0 Å². The van der Waals surface area contributed by atoms with E-state index in [2.05, 4.69) is 14.9 Å². The number of hydrogen-bond donors (Lipinski definition) is 0. The monoisotopic (exact) mass is 378 g/mol. The van der Waals surface area contributed by atoms with Gasteiger partial charge in [0.15, 0.2) is 0 Å². The van der Waals surface area contributed by atoms with Crippen molar-refractivity contribution in [2.75, 3.05) is 38.2 Å². The lowest BCUT2D eigenvalue weighted by Gasteiger charge is -2.36. The maximum absolute atomic E-state index is 12.8. The van der Waals surface area contributed by atoms with Gasteiger partial charge >= 0.3 is 11.8 Å². The highest BCUT2D eigenvalue weighted by molar-refractivity contribution is 6.36. The van der Waals surface area contributed by atoms with Gasteiger partial charge in [-0.05, 0) is 42.5 Å². The SMILES string of the molecule is COc1ccc(N2CCN(C(=O)c3ccc4c(c3)=NC(=O)C(=O)N=4)CC2)cc1. The van der Waals surface area contributed by atoms with Crippen molar-refractivity contribution < 1.29 is 19.1 Å². The van der Waals surface area contributed by atoms with Gasteiger partial charge in [0.2, 0.25) is 0 Å². The molecule has 4 rings (SSSR count). The molecular weight excluding hydrogens is 360 g/mol. The van der Waals surface area contributed by atoms with E-state index in [-0.39, 0.29) is 11.3 Å². The van der Waals surface area contributed by atoms with Crippen LogP contribution in [0.3, 0.4) is 0 Å². The highest BCUT2D eigenvalue weighted by Crippen LogP contribution is 2.20. The number of ether oxygens (including phenoxy) is 1. The zero-order valence-electron chi connectivity index (χ0n) is 15.3. The molecule has 2 aromatic carbocycles. The summed E-state index contributed by atoms with van der Waals surface area (Å²) in [4.78, 5) is 46.9. The molecule has 8 nitrogen and oxygen atoms in total. The maximum Gasteiger partial charge on any atom is 0.338 e. The van der Waals surface area contributed by atoms with E-state index in [1.165, 1.54) is 6.07 Å². The highest BCUT2D eigenvalue weighted by Gasteiger charge is 2.23. The van der Waals surface area contributed by atoms with E-state index < -0.39 is 11.8 Å². The second-order valence-electron chi connectivity index (χ2n) is 6.51. The first-order valence-electron chi connectivity index (χ1n) is 8.89. The second kappa shape index (κ2) is 7.22. The molecule has 0 bridgehead atoms. The van der Waals surface area contributed by atoms with Crippen LogP contribution in [0.2, 0.25) is 0 Å². The van der Waals surface area contributed by atoms with Crippen molar-refractivity contribution >= 4 is 23.4 Å². The third-order valence-corrected chi connectivity index (χ3v) is 4.85. The highest BCUT2D eigenvalue weighted by atomic mass is 16.5. The first-order chi connectivity index (χ1) is 13.5. The van der Waals surface area contributed by atoms with Crippen molar-refractivity contribution in [2.45, 2.75) is 0 Å². The Labute approximate surface area is 160 Å². The Balaban J connectivity index is 1.46. The Morgan fingerprint density at radius 3 is 2.18 bits per heavy atom. The minimum atomic E-state index is -0.912. The zero-order chi connectivity index (χ0) is 19.7. The normalized spacial score (nSPS) is 16.2. The summed E-state index contributed by atoms with van der Waals surface area (Å²) in [7, 11) is 1.63. The number of benzene rings is 2. The van der Waals surface area contributed by atoms with Crippen LogP contribution in [0.15, 0.2) is 52.4 Å². The van der Waals surface area contributed by atoms with E-state index >= 15 is 0 Å². The number of hydrogen-bond acceptors (Lipinski definition) is 5. The smallest absolute Gasteiger partial charge is 0.338 e. The lowest BCUT2D eigenvalue weighted by Crippen LogP contribution is -2.49. The summed E-state index contributed by atoms with van der Waals surface area (Å²) in [5, 5.41) is 0.567. The van der Waals surface area contributed by atoms with E-state index in [4.69, 9.17) is 4.74 Å². The Morgan fingerprint density at radius 1 is 0.893 bits per heavy atom. The molecule has 3 amide bonds. The molecule has 0 unspecified atom stereocenters. The molecule has 1 saturated heterocycles. The number of carbonyl (C=O) groups is 3. The molecule has 0 radical (unpaired) electrons. The molecule has 1 fully saturated rings. The number of piperazine rings is 1. The van der Waals surface area contributed by atoms with Crippen molar-refractivity contribution in [1.29, 1.82) is 0 Å². The van der Waals surface area contributed by atoms with Crippen LogP contribution in [0.4, 0.5) is 5.69 Å². The molecule has 2 aliphatic heterocycles. The summed E-state index contributed by atoms with van der Waals surface area (Å²) in [6, 6.07) is 12.5. The van der Waals surface area contributed by atoms with Crippen molar-refractivity contribution in [3.63, 3.8) is 0 Å². The molecule has 28 heavy (non-hydrogen) atoms. The van der Waals surface area contributed by atoms with Gasteiger partial charge in [0.1, 0.15) is 5.75 Å². The zero-order valence-corrected chi connectivity index (χ0v) is 15.3. The summed E-state index contributed by atoms with van der Waals surface area (Å²) in [5.41, 5.74) is 1.52. The van der Waals surface area contributed by atoms with Gasteiger partial charge in [-0.3, -0.25) is 14.4 Å². The van der Waals surface area contributed by atoms with Gasteiger partial charge in [-0.2, -0.15) is 0 Å². The second-order valence-corrected chi connectivity index (χ2v) is 6.51. The van der Waals surface area contributed by atoms with Gasteiger partial charge < -0.3 is 14.5 Å². The molecule has 2 aliphatic rings. The molecule has 0 aromatic heterocycles. The molecule has 0 spiro atoms. The van der Waals surface area contributed by atoms with Crippen LogP contribution < -0.4 is 20.4 Å². The summed E-state index contributed by atoms with van der Waals surface area (Å²) >= 11 is 0. The van der Waals surface area contributed by atoms with Crippen LogP contribution >= 0.6 is 0 Å². The lowest BCUT2D eigenvalue weighted by molar-refractivity contribution is -0.135. The molecule has 142 valence electrons. The van der Waals surface area contributed by atoms with Crippen molar-refractivity contribution in [2.24, 2.45) is 9.98 Å². The Kier molecular flexibility index (Phi) is 4.60. The third kappa shape index (κ3) is 3.36. The van der Waals surface area contributed by atoms with Gasteiger partial charge in [0.05, 0.1) is 17.8 Å². The molecule has 2 aromatic rings. The van der Waals surface area contributed by atoms with Crippen LogP contribution in [0, 0.1) is 0 Å². The van der Waals surface area contributed by atoms with E-state index in [1.54, 1.807) is 24.1 Å². The van der Waals surface area contributed by atoms with E-state index in [9.17, 15) is 14.4 Å². The fraction of sp³-hybridized carbons (Fsp3) is 0.250. The first kappa shape index (κ1) is 17.8. The number of carbonyl (C=O) groups excluding carboxylic acids is 3. The van der Waals surface area contributed by atoms with Crippen LogP contribution in [0.1, 0.15) is 10.4 Å². The predicted molar refractivity (Wildman–Crippen MR) is 99.9 cm³/mol. The van der Waals surface area contributed by atoms with E-state index in [0.717, 1.165) is 24.5 Å². The fourth-order valence-electron chi connectivity index (χ4n) is 3.30. The summed E-state index contributed by atoms with van der Waals surface area (Å²) < 4.78 is 5.18. The Morgan fingerprint density at radius 2 is 1.54 bits per heavy atom. The van der Waals surface area contributed by atoms with Gasteiger partial charge in [-0.15, -0.1) is 0 Å². The number of amides is 3. The lowest BCUT2D eigenvalue weighted by atomic mass is 10.1.